The number of benzene rings is 1. The first-order valence-corrected chi connectivity index (χ1v) is 6.38. The van der Waals surface area contributed by atoms with Crippen molar-refractivity contribution in [3.05, 3.63) is 29.6 Å². The van der Waals surface area contributed by atoms with E-state index in [0.29, 0.717) is 17.9 Å². The summed E-state index contributed by atoms with van der Waals surface area (Å²) in [5, 5.41) is 3.46. The largest absolute Gasteiger partial charge is 0.493 e. The van der Waals surface area contributed by atoms with E-state index in [1.807, 2.05) is 6.07 Å². The number of rotatable bonds is 7. The van der Waals surface area contributed by atoms with Crippen LogP contribution < -0.4 is 10.1 Å². The zero-order valence-corrected chi connectivity index (χ0v) is 10.3. The summed E-state index contributed by atoms with van der Waals surface area (Å²) in [6.07, 6.45) is 4.79. The second-order valence-electron chi connectivity index (χ2n) is 4.69. The molecule has 2 rings (SSSR count). The van der Waals surface area contributed by atoms with Gasteiger partial charge in [-0.1, -0.05) is 6.07 Å². The first-order valence-electron chi connectivity index (χ1n) is 6.38. The van der Waals surface area contributed by atoms with Gasteiger partial charge in [0.25, 0.3) is 0 Å². The third-order valence-corrected chi connectivity index (χ3v) is 2.99. The summed E-state index contributed by atoms with van der Waals surface area (Å²) in [6.45, 7) is 3.48. The lowest BCUT2D eigenvalue weighted by Gasteiger charge is -2.07. The van der Waals surface area contributed by atoms with Crippen molar-refractivity contribution in [1.29, 1.82) is 0 Å². The molecule has 1 aromatic rings. The van der Waals surface area contributed by atoms with Crippen molar-refractivity contribution in [3.8, 4) is 5.75 Å². The second kappa shape index (κ2) is 6.01. The third-order valence-electron chi connectivity index (χ3n) is 2.99. The Morgan fingerprint density at radius 1 is 1.35 bits per heavy atom. The van der Waals surface area contributed by atoms with Crippen LogP contribution in [0.4, 0.5) is 4.39 Å². The molecule has 1 aromatic carbocycles. The van der Waals surface area contributed by atoms with Gasteiger partial charge in [0.15, 0.2) is 0 Å². The number of nitrogens with one attached hydrogen (secondary N) is 1. The van der Waals surface area contributed by atoms with Crippen molar-refractivity contribution in [3.63, 3.8) is 0 Å². The van der Waals surface area contributed by atoms with Crippen LogP contribution in [0.25, 0.3) is 0 Å². The molecule has 0 amide bonds. The molecule has 0 aromatic heterocycles. The number of hydrogen-bond donors (Lipinski definition) is 1. The lowest BCUT2D eigenvalue weighted by molar-refractivity contribution is 0.304. The van der Waals surface area contributed by atoms with Crippen LogP contribution in [0, 0.1) is 12.7 Å². The van der Waals surface area contributed by atoms with Gasteiger partial charge in [-0.3, -0.25) is 0 Å². The van der Waals surface area contributed by atoms with E-state index in [1.54, 1.807) is 13.0 Å². The Morgan fingerprint density at radius 3 is 2.88 bits per heavy atom. The molecule has 0 saturated heterocycles. The Morgan fingerprint density at radius 2 is 2.18 bits per heavy atom. The summed E-state index contributed by atoms with van der Waals surface area (Å²) in [5.41, 5.74) is 0.658. The highest BCUT2D eigenvalue weighted by atomic mass is 19.1. The molecule has 0 bridgehead atoms. The number of hydrogen-bond acceptors (Lipinski definition) is 2. The van der Waals surface area contributed by atoms with Crippen molar-refractivity contribution in [1.82, 2.24) is 5.32 Å². The fourth-order valence-corrected chi connectivity index (χ4v) is 1.67. The van der Waals surface area contributed by atoms with Gasteiger partial charge in [0.2, 0.25) is 0 Å². The van der Waals surface area contributed by atoms with Gasteiger partial charge in [-0.15, -0.1) is 0 Å². The van der Waals surface area contributed by atoms with E-state index in [1.165, 1.54) is 18.9 Å². The minimum Gasteiger partial charge on any atom is -0.493 e. The molecule has 0 aliphatic heterocycles. The molecular weight excluding hydrogens is 217 g/mol. The monoisotopic (exact) mass is 237 g/mol. The van der Waals surface area contributed by atoms with E-state index >= 15 is 0 Å². The summed E-state index contributed by atoms with van der Waals surface area (Å²) in [7, 11) is 0. The van der Waals surface area contributed by atoms with Gasteiger partial charge in [0.05, 0.1) is 6.61 Å². The molecule has 1 N–H and O–H groups in total. The van der Waals surface area contributed by atoms with Crippen LogP contribution in [0.3, 0.4) is 0 Å². The fourth-order valence-electron chi connectivity index (χ4n) is 1.67. The standard InChI is InChI=1S/C14H20FNO/c1-11-4-7-13(10-14(11)15)17-9-3-2-8-16-12-5-6-12/h4,7,10,12,16H,2-3,5-6,8-9H2,1H3. The van der Waals surface area contributed by atoms with E-state index in [4.69, 9.17) is 4.74 Å². The zero-order valence-electron chi connectivity index (χ0n) is 10.3. The smallest absolute Gasteiger partial charge is 0.129 e. The lowest BCUT2D eigenvalue weighted by Crippen LogP contribution is -2.17. The maximum atomic E-state index is 13.2. The normalized spacial score (nSPS) is 14.9. The average Bonchev–Trinajstić information content (AvgIpc) is 3.12. The number of unbranched alkanes of at least 4 members (excludes halogenated alkanes) is 1. The van der Waals surface area contributed by atoms with Gasteiger partial charge in [-0.2, -0.15) is 0 Å². The molecule has 1 aliphatic carbocycles. The Kier molecular flexibility index (Phi) is 4.37. The van der Waals surface area contributed by atoms with Crippen molar-refractivity contribution in [2.24, 2.45) is 0 Å². The minimum absolute atomic E-state index is 0.196. The quantitative estimate of drug-likeness (QED) is 0.736. The lowest BCUT2D eigenvalue weighted by atomic mass is 10.2. The van der Waals surface area contributed by atoms with Crippen LogP contribution in [0.5, 0.6) is 5.75 Å². The van der Waals surface area contributed by atoms with Gasteiger partial charge < -0.3 is 10.1 Å². The second-order valence-corrected chi connectivity index (χ2v) is 4.69. The van der Waals surface area contributed by atoms with Crippen LogP contribution in [0.15, 0.2) is 18.2 Å². The predicted octanol–water partition coefficient (Wildman–Crippen LogP) is 3.05. The van der Waals surface area contributed by atoms with Crippen molar-refractivity contribution < 1.29 is 9.13 Å². The summed E-state index contributed by atoms with van der Waals surface area (Å²) >= 11 is 0. The molecule has 17 heavy (non-hydrogen) atoms. The van der Waals surface area contributed by atoms with Crippen molar-refractivity contribution >= 4 is 0 Å². The molecule has 94 valence electrons. The van der Waals surface area contributed by atoms with E-state index in [9.17, 15) is 4.39 Å². The van der Waals surface area contributed by atoms with Gasteiger partial charge in [-0.05, 0) is 50.8 Å². The molecule has 2 nitrogen and oxygen atoms in total. The molecule has 1 aliphatic rings. The highest BCUT2D eigenvalue weighted by molar-refractivity contribution is 5.27. The first kappa shape index (κ1) is 12.4. The topological polar surface area (TPSA) is 21.3 Å². The Bertz CT molecular complexity index is 363. The number of ether oxygens (including phenoxy) is 1. The fraction of sp³-hybridized carbons (Fsp3) is 0.571. The number of halogens is 1. The number of aryl methyl sites for hydroxylation is 1. The Labute approximate surface area is 102 Å². The molecule has 0 spiro atoms. The zero-order chi connectivity index (χ0) is 12.1. The van der Waals surface area contributed by atoms with Crippen LogP contribution >= 0.6 is 0 Å². The van der Waals surface area contributed by atoms with Crippen molar-refractivity contribution in [2.45, 2.75) is 38.6 Å². The Hall–Kier alpha value is -1.09. The molecule has 3 heteroatoms. The SMILES string of the molecule is Cc1ccc(OCCCCNC2CC2)cc1F. The van der Waals surface area contributed by atoms with Gasteiger partial charge in [-0.25, -0.2) is 4.39 Å². The first-order chi connectivity index (χ1) is 8.25. The molecule has 0 heterocycles. The maximum absolute atomic E-state index is 13.2. The van der Waals surface area contributed by atoms with E-state index in [-0.39, 0.29) is 5.82 Å². The molecule has 0 atom stereocenters. The van der Waals surface area contributed by atoms with Crippen LogP contribution in [-0.4, -0.2) is 19.2 Å². The highest BCUT2D eigenvalue weighted by Gasteiger charge is 2.19. The van der Waals surface area contributed by atoms with Gasteiger partial charge >= 0.3 is 0 Å². The van der Waals surface area contributed by atoms with E-state index in [2.05, 4.69) is 5.32 Å². The van der Waals surface area contributed by atoms with Crippen LogP contribution in [0.2, 0.25) is 0 Å². The summed E-state index contributed by atoms with van der Waals surface area (Å²) in [6, 6.07) is 5.81. The van der Waals surface area contributed by atoms with E-state index in [0.717, 1.165) is 25.4 Å². The van der Waals surface area contributed by atoms with Gasteiger partial charge in [0.1, 0.15) is 11.6 Å². The van der Waals surface area contributed by atoms with Gasteiger partial charge in [0, 0.05) is 12.1 Å². The van der Waals surface area contributed by atoms with Crippen LogP contribution in [0.1, 0.15) is 31.2 Å². The van der Waals surface area contributed by atoms with Crippen molar-refractivity contribution in [2.75, 3.05) is 13.2 Å². The average molecular weight is 237 g/mol. The molecule has 0 radical (unpaired) electrons. The molecular formula is C14H20FNO. The highest BCUT2D eigenvalue weighted by Crippen LogP contribution is 2.18. The molecule has 1 saturated carbocycles. The summed E-state index contributed by atoms with van der Waals surface area (Å²) in [4.78, 5) is 0. The molecule has 1 fully saturated rings. The molecule has 0 unspecified atom stereocenters. The third kappa shape index (κ3) is 4.35. The maximum Gasteiger partial charge on any atom is 0.129 e. The summed E-state index contributed by atoms with van der Waals surface area (Å²) in [5.74, 6) is 0.432. The summed E-state index contributed by atoms with van der Waals surface area (Å²) < 4.78 is 18.7. The predicted molar refractivity (Wildman–Crippen MR) is 66.9 cm³/mol. The Balaban J connectivity index is 1.58. The van der Waals surface area contributed by atoms with E-state index < -0.39 is 0 Å². The minimum atomic E-state index is -0.196. The van der Waals surface area contributed by atoms with Crippen LogP contribution in [-0.2, 0) is 0 Å².